The van der Waals surface area contributed by atoms with Gasteiger partial charge in [-0.15, -0.1) is 0 Å². The van der Waals surface area contributed by atoms with Crippen molar-refractivity contribution in [2.24, 2.45) is 37.3 Å². The molecule has 0 radical (unpaired) electrons. The fraction of sp³-hybridized carbons (Fsp3) is 0.481. The first kappa shape index (κ1) is 23.3. The zero-order valence-corrected chi connectivity index (χ0v) is 21.4. The van der Waals surface area contributed by atoms with Gasteiger partial charge in [0.1, 0.15) is 0 Å². The van der Waals surface area contributed by atoms with Gasteiger partial charge in [0.2, 0.25) is 0 Å². The van der Waals surface area contributed by atoms with E-state index in [0.717, 1.165) is 17.8 Å². The van der Waals surface area contributed by atoms with Gasteiger partial charge in [-0.3, -0.25) is 13.9 Å². The van der Waals surface area contributed by atoms with Crippen LogP contribution >= 0.6 is 0 Å². The monoisotopic (exact) mass is 509 g/mol. The molecule has 0 amide bonds. The number of aryl methyl sites for hydroxylation is 2. The summed E-state index contributed by atoms with van der Waals surface area (Å²) in [4.78, 5) is 25.0. The van der Waals surface area contributed by atoms with Crippen molar-refractivity contribution in [1.82, 2.24) is 9.13 Å². The third-order valence-electron chi connectivity index (χ3n) is 8.60. The summed E-state index contributed by atoms with van der Waals surface area (Å²) in [6.45, 7) is 0.480. The number of fused-ring (bicyclic) bond motifs is 1. The molecule has 8 nitrogen and oxygen atoms in total. The fourth-order valence-corrected chi connectivity index (χ4v) is 8.39. The highest BCUT2D eigenvalue weighted by atomic mass is 32.2. The van der Waals surface area contributed by atoms with E-state index in [1.165, 1.54) is 59.8 Å². The molecule has 0 saturated heterocycles. The van der Waals surface area contributed by atoms with Gasteiger partial charge >= 0.3 is 11.7 Å². The minimum Gasteiger partial charge on any atom is -0.462 e. The number of nitrogens with zero attached hydrogens (tertiary/aromatic N) is 2. The second-order valence-electron chi connectivity index (χ2n) is 11.2. The molecule has 4 aliphatic carbocycles. The van der Waals surface area contributed by atoms with Gasteiger partial charge in [0.05, 0.1) is 28.1 Å². The van der Waals surface area contributed by atoms with Crippen molar-refractivity contribution in [1.29, 1.82) is 0 Å². The van der Waals surface area contributed by atoms with Gasteiger partial charge in [-0.05, 0) is 98.7 Å². The third-order valence-corrected chi connectivity index (χ3v) is 9.98. The number of carbonyl (C=O) groups excluding carboxylic acids is 1. The van der Waals surface area contributed by atoms with Crippen molar-refractivity contribution >= 4 is 32.7 Å². The number of esters is 1. The van der Waals surface area contributed by atoms with E-state index < -0.39 is 10.0 Å². The first-order chi connectivity index (χ1) is 17.1. The van der Waals surface area contributed by atoms with Gasteiger partial charge in [0, 0.05) is 25.2 Å². The largest absolute Gasteiger partial charge is 0.462 e. The molecule has 2 aromatic carbocycles. The van der Waals surface area contributed by atoms with E-state index in [9.17, 15) is 18.0 Å². The molecule has 4 aliphatic rings. The summed E-state index contributed by atoms with van der Waals surface area (Å²) >= 11 is 0. The Kier molecular flexibility index (Phi) is 5.33. The van der Waals surface area contributed by atoms with Crippen LogP contribution < -0.4 is 10.4 Å². The number of nitrogens with one attached hydrogen (secondary N) is 1. The Balaban J connectivity index is 1.13. The highest BCUT2D eigenvalue weighted by molar-refractivity contribution is 7.92. The molecule has 9 heteroatoms. The van der Waals surface area contributed by atoms with Crippen LogP contribution in [0.1, 0.15) is 48.9 Å². The average molecular weight is 510 g/mol. The highest BCUT2D eigenvalue weighted by Gasteiger charge is 2.51. The summed E-state index contributed by atoms with van der Waals surface area (Å²) in [6, 6.07) is 10.9. The number of carbonyl (C=O) groups is 1. The van der Waals surface area contributed by atoms with Gasteiger partial charge in [-0.25, -0.2) is 18.0 Å². The Hall–Kier alpha value is -3.07. The fourth-order valence-electron chi connectivity index (χ4n) is 7.31. The molecule has 0 unspecified atom stereocenters. The van der Waals surface area contributed by atoms with Crippen LogP contribution in [0.25, 0.3) is 11.0 Å². The van der Waals surface area contributed by atoms with E-state index in [4.69, 9.17) is 4.74 Å². The predicted molar refractivity (Wildman–Crippen MR) is 136 cm³/mol. The van der Waals surface area contributed by atoms with Crippen LogP contribution in [-0.2, 0) is 28.9 Å². The average Bonchev–Trinajstić information content (AvgIpc) is 3.05. The molecule has 36 heavy (non-hydrogen) atoms. The lowest BCUT2D eigenvalue weighted by atomic mass is 9.50. The first-order valence-corrected chi connectivity index (χ1v) is 14.1. The van der Waals surface area contributed by atoms with Crippen molar-refractivity contribution in [2.45, 2.75) is 43.4 Å². The standard InChI is InChI=1S/C27H31N3O5S/c1-29-23-8-7-22(12-24(23)30(2)26(29)32)36(33,34)28-21-5-3-20(4-6-21)25(31)35-16-27-13-17-9-18(14-27)11-19(10-17)15-27/h3-8,12,17-19,28H,9-11,13-16H2,1-2H3. The Bertz CT molecular complexity index is 1480. The normalized spacial score (nSPS) is 26.9. The minimum absolute atomic E-state index is 0.0512. The number of sulfonamides is 1. The molecule has 0 spiro atoms. The van der Waals surface area contributed by atoms with Gasteiger partial charge < -0.3 is 4.74 Å². The smallest absolute Gasteiger partial charge is 0.338 e. The van der Waals surface area contributed by atoms with Gasteiger partial charge in [0.15, 0.2) is 0 Å². The van der Waals surface area contributed by atoms with E-state index in [-0.39, 0.29) is 22.0 Å². The molecule has 0 aliphatic heterocycles. The van der Waals surface area contributed by atoms with E-state index in [1.54, 1.807) is 44.4 Å². The van der Waals surface area contributed by atoms with E-state index in [1.807, 2.05) is 0 Å². The zero-order chi connectivity index (χ0) is 25.2. The van der Waals surface area contributed by atoms with Crippen LogP contribution in [0.4, 0.5) is 5.69 Å². The molecule has 1 N–H and O–H groups in total. The number of anilines is 1. The van der Waals surface area contributed by atoms with E-state index >= 15 is 0 Å². The third kappa shape index (κ3) is 3.93. The lowest BCUT2D eigenvalue weighted by Crippen LogP contribution is -2.48. The second kappa shape index (κ2) is 8.23. The highest BCUT2D eigenvalue weighted by Crippen LogP contribution is 2.60. The van der Waals surface area contributed by atoms with Crippen LogP contribution in [0.5, 0.6) is 0 Å². The van der Waals surface area contributed by atoms with Crippen LogP contribution in [0.15, 0.2) is 52.2 Å². The van der Waals surface area contributed by atoms with Gasteiger partial charge in [0.25, 0.3) is 10.0 Å². The van der Waals surface area contributed by atoms with Gasteiger partial charge in [-0.1, -0.05) is 0 Å². The maximum absolute atomic E-state index is 13.0. The van der Waals surface area contributed by atoms with Crippen molar-refractivity contribution < 1.29 is 17.9 Å². The molecule has 190 valence electrons. The molecule has 4 saturated carbocycles. The topological polar surface area (TPSA) is 99.4 Å². The summed E-state index contributed by atoms with van der Waals surface area (Å²) in [7, 11) is -0.633. The number of aromatic nitrogens is 2. The Labute approximate surface area is 210 Å². The lowest BCUT2D eigenvalue weighted by Gasteiger charge is -2.56. The number of benzene rings is 2. The number of hydrogen-bond donors (Lipinski definition) is 1. The van der Waals surface area contributed by atoms with Crippen LogP contribution in [-0.4, -0.2) is 30.1 Å². The number of rotatable bonds is 6. The van der Waals surface area contributed by atoms with Gasteiger partial charge in [-0.2, -0.15) is 0 Å². The Morgan fingerprint density at radius 2 is 1.53 bits per heavy atom. The lowest BCUT2D eigenvalue weighted by molar-refractivity contribution is -0.0848. The van der Waals surface area contributed by atoms with Crippen molar-refractivity contribution in [3.05, 3.63) is 58.5 Å². The van der Waals surface area contributed by atoms with E-state index in [2.05, 4.69) is 4.72 Å². The maximum atomic E-state index is 13.0. The quantitative estimate of drug-likeness (QED) is 0.506. The van der Waals surface area contributed by atoms with E-state index in [0.29, 0.717) is 28.9 Å². The van der Waals surface area contributed by atoms with Crippen molar-refractivity contribution in [3.8, 4) is 0 Å². The molecule has 7 rings (SSSR count). The van der Waals surface area contributed by atoms with Crippen molar-refractivity contribution in [3.63, 3.8) is 0 Å². The molecule has 0 atom stereocenters. The predicted octanol–water partition coefficient (Wildman–Crippen LogP) is 4.05. The molecule has 4 fully saturated rings. The number of ether oxygens (including phenoxy) is 1. The SMILES string of the molecule is Cn1c(=O)n(C)c2cc(S(=O)(=O)Nc3ccc(C(=O)OCC45CC6CC(CC(C6)C4)C5)cc3)ccc21. The molecule has 3 aromatic rings. The summed E-state index contributed by atoms with van der Waals surface area (Å²) in [5.74, 6) is 2.04. The molecule has 1 heterocycles. The molecular weight excluding hydrogens is 478 g/mol. The van der Waals surface area contributed by atoms with Crippen molar-refractivity contribution in [2.75, 3.05) is 11.3 Å². The number of imidazole rings is 1. The Morgan fingerprint density at radius 3 is 2.14 bits per heavy atom. The maximum Gasteiger partial charge on any atom is 0.338 e. The zero-order valence-electron chi connectivity index (χ0n) is 20.6. The summed E-state index contributed by atoms with van der Waals surface area (Å²) < 4.78 is 37.2. The van der Waals surface area contributed by atoms with Crippen LogP contribution in [0.2, 0.25) is 0 Å². The first-order valence-electron chi connectivity index (χ1n) is 12.6. The molecular formula is C27H31N3O5S. The minimum atomic E-state index is -3.89. The summed E-state index contributed by atoms with van der Waals surface area (Å²) in [6.07, 6.45) is 7.58. The summed E-state index contributed by atoms with van der Waals surface area (Å²) in [5.41, 5.74) is 1.86. The summed E-state index contributed by atoms with van der Waals surface area (Å²) in [5, 5.41) is 0. The van der Waals surface area contributed by atoms with Crippen LogP contribution in [0.3, 0.4) is 0 Å². The molecule has 4 bridgehead atoms. The number of hydrogen-bond acceptors (Lipinski definition) is 5. The Morgan fingerprint density at radius 1 is 0.944 bits per heavy atom. The molecule has 1 aromatic heterocycles. The second-order valence-corrected chi connectivity index (χ2v) is 12.9. The van der Waals surface area contributed by atoms with Crippen LogP contribution in [0, 0.1) is 23.2 Å².